The predicted molar refractivity (Wildman–Crippen MR) is 37.1 cm³/mol. The molecule has 0 bridgehead atoms. The zero-order chi connectivity index (χ0) is 5.70. The van der Waals surface area contributed by atoms with Gasteiger partial charge in [0.15, 0.2) is 0 Å². The van der Waals surface area contributed by atoms with E-state index in [9.17, 15) is 0 Å². The molecule has 0 saturated heterocycles. The highest BCUT2D eigenvalue weighted by Crippen LogP contribution is 2.02. The van der Waals surface area contributed by atoms with Crippen LogP contribution >= 0.6 is 22.9 Å². The van der Waals surface area contributed by atoms with Gasteiger partial charge < -0.3 is 0 Å². The lowest BCUT2D eigenvalue weighted by atomic mass is 10.0. The third-order valence-corrected chi connectivity index (χ3v) is 0.906. The SMILES string of the molecule is C/C=C\CB(Cl)Cl. The standard InChI is InChI=1S/C4H7BCl2/c1-2-3-4-5(6)7/h2-3H,4H2,1H3/b3-2-. The maximum atomic E-state index is 5.37. The van der Waals surface area contributed by atoms with E-state index in [1.54, 1.807) is 0 Å². The Kier molecular flexibility index (Phi) is 4.79. The van der Waals surface area contributed by atoms with Gasteiger partial charge in [-0.15, -0.1) is 0 Å². The molecule has 0 fully saturated rings. The molecule has 0 unspecified atom stereocenters. The number of hydrogen-bond acceptors (Lipinski definition) is 0. The van der Waals surface area contributed by atoms with Crippen molar-refractivity contribution in [3.8, 4) is 0 Å². The summed E-state index contributed by atoms with van der Waals surface area (Å²) < 4.78 is 0. The lowest BCUT2D eigenvalue weighted by Gasteiger charge is -1.82. The number of hydrogen-bond donors (Lipinski definition) is 0. The molecule has 0 aromatic heterocycles. The predicted octanol–water partition coefficient (Wildman–Crippen LogP) is 2.53. The number of halogens is 2. The molecule has 0 aliphatic carbocycles. The molecule has 0 spiro atoms. The average molecular weight is 137 g/mol. The van der Waals surface area contributed by atoms with Crippen LogP contribution in [0.4, 0.5) is 0 Å². The van der Waals surface area contributed by atoms with E-state index in [2.05, 4.69) is 0 Å². The lowest BCUT2D eigenvalue weighted by Crippen LogP contribution is -1.85. The van der Waals surface area contributed by atoms with Crippen molar-refractivity contribution in [2.75, 3.05) is 0 Å². The van der Waals surface area contributed by atoms with Crippen LogP contribution in [0, 0.1) is 0 Å². The van der Waals surface area contributed by atoms with Crippen LogP contribution in [0.3, 0.4) is 0 Å². The monoisotopic (exact) mass is 136 g/mol. The van der Waals surface area contributed by atoms with Gasteiger partial charge >= 0.3 is 5.54 Å². The second kappa shape index (κ2) is 4.54. The van der Waals surface area contributed by atoms with E-state index in [1.165, 1.54) is 0 Å². The third-order valence-electron chi connectivity index (χ3n) is 0.550. The van der Waals surface area contributed by atoms with E-state index in [0.29, 0.717) is 0 Å². The Hall–Kier alpha value is 0.385. The van der Waals surface area contributed by atoms with Gasteiger partial charge in [0.2, 0.25) is 0 Å². The molecule has 3 heteroatoms. The molecule has 0 N–H and O–H groups in total. The van der Waals surface area contributed by atoms with Crippen molar-refractivity contribution in [2.24, 2.45) is 0 Å². The summed E-state index contributed by atoms with van der Waals surface area (Å²) in [4.78, 5) is 0. The van der Waals surface area contributed by atoms with Crippen molar-refractivity contribution in [1.29, 1.82) is 0 Å². The van der Waals surface area contributed by atoms with E-state index in [-0.39, 0.29) is 5.54 Å². The summed E-state index contributed by atoms with van der Waals surface area (Å²) in [5.74, 6) is 0. The van der Waals surface area contributed by atoms with Crippen LogP contribution in [-0.2, 0) is 0 Å². The second-order valence-electron chi connectivity index (χ2n) is 1.20. The van der Waals surface area contributed by atoms with Crippen molar-refractivity contribution in [1.82, 2.24) is 0 Å². The van der Waals surface area contributed by atoms with Gasteiger partial charge in [0.05, 0.1) is 0 Å². The number of allylic oxidation sites excluding steroid dienone is 2. The van der Waals surface area contributed by atoms with Crippen LogP contribution < -0.4 is 0 Å². The molecule has 7 heavy (non-hydrogen) atoms. The van der Waals surface area contributed by atoms with Crippen molar-refractivity contribution < 1.29 is 0 Å². The summed E-state index contributed by atoms with van der Waals surface area (Å²) in [6, 6.07) is 0. The molecule has 0 amide bonds. The summed E-state index contributed by atoms with van der Waals surface area (Å²) in [5.41, 5.74) is -0.240. The zero-order valence-corrected chi connectivity index (χ0v) is 5.71. The maximum Gasteiger partial charge on any atom is 0.355 e. The Balaban J connectivity index is 2.97. The van der Waals surface area contributed by atoms with E-state index >= 15 is 0 Å². The van der Waals surface area contributed by atoms with E-state index < -0.39 is 0 Å². The quantitative estimate of drug-likeness (QED) is 0.405. The highest BCUT2D eigenvalue weighted by atomic mass is 35.5. The van der Waals surface area contributed by atoms with Crippen LogP contribution in [0.15, 0.2) is 12.2 Å². The van der Waals surface area contributed by atoms with Crippen molar-refractivity contribution in [3.63, 3.8) is 0 Å². The Bertz CT molecular complexity index is 60.7. The van der Waals surface area contributed by atoms with Gasteiger partial charge in [0, 0.05) is 0 Å². The van der Waals surface area contributed by atoms with Gasteiger partial charge in [-0.3, -0.25) is 0 Å². The fraction of sp³-hybridized carbons (Fsp3) is 0.500. The summed E-state index contributed by atoms with van der Waals surface area (Å²) in [6.45, 7) is 1.94. The minimum atomic E-state index is -0.240. The minimum Gasteiger partial charge on any atom is -0.171 e. The van der Waals surface area contributed by atoms with E-state index in [1.807, 2.05) is 19.1 Å². The van der Waals surface area contributed by atoms with Gasteiger partial charge in [0.25, 0.3) is 0 Å². The smallest absolute Gasteiger partial charge is 0.171 e. The normalized spacial score (nSPS) is 10.1. The van der Waals surface area contributed by atoms with Gasteiger partial charge in [-0.05, 0) is 13.2 Å². The van der Waals surface area contributed by atoms with Crippen LogP contribution in [0.25, 0.3) is 0 Å². The molecular weight excluding hydrogens is 130 g/mol. The Morgan fingerprint density at radius 1 is 1.57 bits per heavy atom. The first-order chi connectivity index (χ1) is 3.27. The molecule has 0 saturated carbocycles. The first-order valence-electron chi connectivity index (χ1n) is 2.16. The molecule has 40 valence electrons. The molecule has 0 heterocycles. The maximum absolute atomic E-state index is 5.37. The molecule has 0 aliphatic heterocycles. The topological polar surface area (TPSA) is 0 Å². The molecule has 0 nitrogen and oxygen atoms in total. The highest BCUT2D eigenvalue weighted by molar-refractivity contribution is 7.33. The van der Waals surface area contributed by atoms with Gasteiger partial charge in [-0.1, -0.05) is 12.2 Å². The van der Waals surface area contributed by atoms with Crippen molar-refractivity contribution in [3.05, 3.63) is 12.2 Å². The first-order valence-corrected chi connectivity index (χ1v) is 3.04. The largest absolute Gasteiger partial charge is 0.355 e. The van der Waals surface area contributed by atoms with Crippen LogP contribution in [0.1, 0.15) is 6.92 Å². The average Bonchev–Trinajstić information content (AvgIpc) is 1.61. The molecule has 0 aliphatic rings. The molecular formula is C4H7BCl2. The van der Waals surface area contributed by atoms with Gasteiger partial charge in [-0.25, -0.2) is 0 Å². The zero-order valence-electron chi connectivity index (χ0n) is 4.20. The van der Waals surface area contributed by atoms with Gasteiger partial charge in [0.1, 0.15) is 0 Å². The third kappa shape index (κ3) is 6.38. The van der Waals surface area contributed by atoms with Gasteiger partial charge in [-0.2, -0.15) is 22.9 Å². The minimum absolute atomic E-state index is 0.240. The van der Waals surface area contributed by atoms with Crippen molar-refractivity contribution in [2.45, 2.75) is 13.2 Å². The lowest BCUT2D eigenvalue weighted by molar-refractivity contribution is 1.62. The molecule has 0 aromatic carbocycles. The molecule has 0 rings (SSSR count). The Morgan fingerprint density at radius 2 is 2.14 bits per heavy atom. The highest BCUT2D eigenvalue weighted by Gasteiger charge is 1.98. The fourth-order valence-electron chi connectivity index (χ4n) is 0.239. The Labute approximate surface area is 54.4 Å². The summed E-state index contributed by atoms with van der Waals surface area (Å²) >= 11 is 10.7. The van der Waals surface area contributed by atoms with E-state index in [0.717, 1.165) is 6.32 Å². The summed E-state index contributed by atoms with van der Waals surface area (Å²) in [5, 5.41) is 0. The fourth-order valence-corrected chi connectivity index (χ4v) is 0.445. The van der Waals surface area contributed by atoms with Crippen molar-refractivity contribution >= 4 is 28.5 Å². The van der Waals surface area contributed by atoms with Crippen LogP contribution in [0.5, 0.6) is 0 Å². The number of rotatable bonds is 2. The summed E-state index contributed by atoms with van der Waals surface area (Å²) in [6.07, 6.45) is 4.61. The molecule has 0 radical (unpaired) electrons. The summed E-state index contributed by atoms with van der Waals surface area (Å²) in [7, 11) is 0. The second-order valence-corrected chi connectivity index (χ2v) is 2.47. The van der Waals surface area contributed by atoms with E-state index in [4.69, 9.17) is 22.9 Å². The first kappa shape index (κ1) is 7.38. The molecule has 0 atom stereocenters. The molecule has 0 aromatic rings. The Morgan fingerprint density at radius 3 is 2.29 bits per heavy atom. The van der Waals surface area contributed by atoms with Crippen LogP contribution in [-0.4, -0.2) is 5.54 Å². The van der Waals surface area contributed by atoms with Crippen LogP contribution in [0.2, 0.25) is 6.32 Å².